The molecule has 0 bridgehead atoms. The van der Waals surface area contributed by atoms with Gasteiger partial charge in [-0.25, -0.2) is 9.59 Å². The SMILES string of the molecule is CCOC(=O)C1=C(COc2ccc(I)cc2)NC(=O)N[C@@H]1C. The van der Waals surface area contributed by atoms with Crippen molar-refractivity contribution >= 4 is 34.6 Å². The summed E-state index contributed by atoms with van der Waals surface area (Å²) in [6.45, 7) is 3.83. The van der Waals surface area contributed by atoms with Crippen LogP contribution in [0.25, 0.3) is 0 Å². The summed E-state index contributed by atoms with van der Waals surface area (Å²) >= 11 is 2.20. The predicted molar refractivity (Wildman–Crippen MR) is 89.4 cm³/mol. The minimum Gasteiger partial charge on any atom is -0.487 e. The van der Waals surface area contributed by atoms with Crippen LogP contribution in [-0.2, 0) is 9.53 Å². The summed E-state index contributed by atoms with van der Waals surface area (Å²) in [5.41, 5.74) is 0.806. The zero-order valence-electron chi connectivity index (χ0n) is 12.3. The van der Waals surface area contributed by atoms with Crippen molar-refractivity contribution in [3.63, 3.8) is 0 Å². The van der Waals surface area contributed by atoms with Gasteiger partial charge in [-0.3, -0.25) is 0 Å². The minimum absolute atomic E-state index is 0.0898. The third-order valence-corrected chi connectivity index (χ3v) is 3.78. The summed E-state index contributed by atoms with van der Waals surface area (Å²) in [4.78, 5) is 23.7. The van der Waals surface area contributed by atoms with Crippen LogP contribution in [0.15, 0.2) is 35.5 Å². The van der Waals surface area contributed by atoms with Gasteiger partial charge < -0.3 is 20.1 Å². The molecule has 0 saturated carbocycles. The number of hydrogen-bond donors (Lipinski definition) is 2. The highest BCUT2D eigenvalue weighted by atomic mass is 127. The fourth-order valence-corrected chi connectivity index (χ4v) is 2.44. The Morgan fingerprint density at radius 3 is 2.64 bits per heavy atom. The minimum atomic E-state index is -0.455. The molecule has 1 aliphatic rings. The van der Waals surface area contributed by atoms with Crippen molar-refractivity contribution in [3.8, 4) is 5.75 Å². The molecule has 22 heavy (non-hydrogen) atoms. The fourth-order valence-electron chi connectivity index (χ4n) is 2.08. The topological polar surface area (TPSA) is 76.7 Å². The summed E-state index contributed by atoms with van der Waals surface area (Å²) in [5, 5.41) is 5.26. The van der Waals surface area contributed by atoms with Gasteiger partial charge in [0.1, 0.15) is 12.4 Å². The van der Waals surface area contributed by atoms with Gasteiger partial charge in [0, 0.05) is 3.57 Å². The monoisotopic (exact) mass is 416 g/mol. The maximum Gasteiger partial charge on any atom is 0.338 e. The number of carbonyl (C=O) groups excluding carboxylic acids is 2. The van der Waals surface area contributed by atoms with Crippen molar-refractivity contribution in [3.05, 3.63) is 39.1 Å². The Balaban J connectivity index is 2.18. The van der Waals surface area contributed by atoms with E-state index in [1.54, 1.807) is 13.8 Å². The highest BCUT2D eigenvalue weighted by Crippen LogP contribution is 2.18. The molecular formula is C15H17IN2O4. The van der Waals surface area contributed by atoms with Crippen molar-refractivity contribution in [1.29, 1.82) is 0 Å². The van der Waals surface area contributed by atoms with E-state index in [1.807, 2.05) is 24.3 Å². The van der Waals surface area contributed by atoms with Crippen LogP contribution in [0.1, 0.15) is 13.8 Å². The van der Waals surface area contributed by atoms with Crippen LogP contribution in [0.4, 0.5) is 4.79 Å². The molecular weight excluding hydrogens is 399 g/mol. The lowest BCUT2D eigenvalue weighted by Crippen LogP contribution is -2.50. The molecule has 0 aliphatic carbocycles. The van der Waals surface area contributed by atoms with Gasteiger partial charge in [-0.05, 0) is 60.7 Å². The first-order valence-electron chi connectivity index (χ1n) is 6.87. The maximum atomic E-state index is 12.1. The van der Waals surface area contributed by atoms with Crippen molar-refractivity contribution < 1.29 is 19.1 Å². The summed E-state index contributed by atoms with van der Waals surface area (Å²) in [7, 11) is 0. The van der Waals surface area contributed by atoms with Crippen molar-refractivity contribution in [2.24, 2.45) is 0 Å². The van der Waals surface area contributed by atoms with Crippen molar-refractivity contribution in [1.82, 2.24) is 10.6 Å². The Hall–Kier alpha value is -1.77. The molecule has 6 nitrogen and oxygen atoms in total. The van der Waals surface area contributed by atoms with Gasteiger partial charge in [-0.15, -0.1) is 0 Å². The number of amides is 2. The maximum absolute atomic E-state index is 12.1. The molecule has 2 rings (SSSR count). The second-order valence-electron chi connectivity index (χ2n) is 4.68. The largest absolute Gasteiger partial charge is 0.487 e. The molecule has 118 valence electrons. The predicted octanol–water partition coefficient (Wildman–Crippen LogP) is 2.19. The number of rotatable bonds is 5. The standard InChI is InChI=1S/C15H17IN2O4/c1-3-21-14(19)13-9(2)17-15(20)18-12(13)8-22-11-6-4-10(16)5-7-11/h4-7,9H,3,8H2,1-2H3,(H2,17,18,20)/t9-/m1/s1. The van der Waals surface area contributed by atoms with E-state index in [0.717, 1.165) is 3.57 Å². The first kappa shape index (κ1) is 16.6. The summed E-state index contributed by atoms with van der Waals surface area (Å²) in [6.07, 6.45) is 0. The van der Waals surface area contributed by atoms with Crippen LogP contribution in [0.5, 0.6) is 5.75 Å². The summed E-state index contributed by atoms with van der Waals surface area (Å²) in [5.74, 6) is 0.209. The number of benzene rings is 1. The summed E-state index contributed by atoms with van der Waals surface area (Å²) in [6, 6.07) is 6.71. The Bertz CT molecular complexity index is 598. The second-order valence-corrected chi connectivity index (χ2v) is 5.92. The fraction of sp³-hybridized carbons (Fsp3) is 0.333. The molecule has 1 aliphatic heterocycles. The van der Waals surface area contributed by atoms with E-state index < -0.39 is 12.0 Å². The van der Waals surface area contributed by atoms with Crippen molar-refractivity contribution in [2.45, 2.75) is 19.9 Å². The first-order valence-corrected chi connectivity index (χ1v) is 7.95. The van der Waals surface area contributed by atoms with Crippen LogP contribution >= 0.6 is 22.6 Å². The molecule has 0 spiro atoms. The molecule has 0 fully saturated rings. The molecule has 0 unspecified atom stereocenters. The quantitative estimate of drug-likeness (QED) is 0.570. The Kier molecular flexibility index (Phi) is 5.64. The molecule has 1 aromatic carbocycles. The van der Waals surface area contributed by atoms with Gasteiger partial charge in [0.15, 0.2) is 0 Å². The van der Waals surface area contributed by atoms with E-state index in [2.05, 4.69) is 33.2 Å². The average Bonchev–Trinajstić information content (AvgIpc) is 2.46. The van der Waals surface area contributed by atoms with Crippen LogP contribution in [0, 0.1) is 3.57 Å². The van der Waals surface area contributed by atoms with E-state index in [9.17, 15) is 9.59 Å². The van der Waals surface area contributed by atoms with E-state index in [-0.39, 0.29) is 19.2 Å². The Morgan fingerprint density at radius 2 is 2.00 bits per heavy atom. The van der Waals surface area contributed by atoms with Crippen LogP contribution in [-0.4, -0.2) is 31.3 Å². The van der Waals surface area contributed by atoms with Gasteiger partial charge in [-0.1, -0.05) is 0 Å². The van der Waals surface area contributed by atoms with Crippen molar-refractivity contribution in [2.75, 3.05) is 13.2 Å². The van der Waals surface area contributed by atoms with E-state index >= 15 is 0 Å². The third kappa shape index (κ3) is 4.12. The number of hydrogen-bond acceptors (Lipinski definition) is 4. The van der Waals surface area contributed by atoms with Gasteiger partial charge in [-0.2, -0.15) is 0 Å². The van der Waals surface area contributed by atoms with E-state index in [0.29, 0.717) is 17.0 Å². The number of carbonyl (C=O) groups is 2. The smallest absolute Gasteiger partial charge is 0.338 e. The second kappa shape index (κ2) is 7.48. The number of nitrogens with one attached hydrogen (secondary N) is 2. The van der Waals surface area contributed by atoms with Crippen LogP contribution in [0.2, 0.25) is 0 Å². The van der Waals surface area contributed by atoms with Crippen LogP contribution in [0.3, 0.4) is 0 Å². The highest BCUT2D eigenvalue weighted by molar-refractivity contribution is 14.1. The zero-order valence-corrected chi connectivity index (χ0v) is 14.5. The molecule has 2 N–H and O–H groups in total. The van der Waals surface area contributed by atoms with Gasteiger partial charge in [0.05, 0.1) is 23.9 Å². The van der Waals surface area contributed by atoms with Gasteiger partial charge >= 0.3 is 12.0 Å². The highest BCUT2D eigenvalue weighted by Gasteiger charge is 2.29. The third-order valence-electron chi connectivity index (χ3n) is 3.06. The molecule has 0 radical (unpaired) electrons. The number of halogens is 1. The first-order chi connectivity index (χ1) is 10.5. The molecule has 0 saturated heterocycles. The molecule has 0 aromatic heterocycles. The van der Waals surface area contributed by atoms with Crippen LogP contribution < -0.4 is 15.4 Å². The average molecular weight is 416 g/mol. The van der Waals surface area contributed by atoms with E-state index in [1.165, 1.54) is 0 Å². The Labute approximate surface area is 142 Å². The molecule has 7 heteroatoms. The van der Waals surface area contributed by atoms with E-state index in [4.69, 9.17) is 9.47 Å². The lowest BCUT2D eigenvalue weighted by molar-refractivity contribution is -0.139. The molecule has 2 amide bonds. The number of esters is 1. The summed E-state index contributed by atoms with van der Waals surface area (Å²) < 4.78 is 11.8. The zero-order chi connectivity index (χ0) is 16.1. The molecule has 1 atom stereocenters. The lowest BCUT2D eigenvalue weighted by Gasteiger charge is -2.26. The Morgan fingerprint density at radius 1 is 1.32 bits per heavy atom. The molecule has 1 aromatic rings. The number of urea groups is 1. The molecule has 1 heterocycles. The van der Waals surface area contributed by atoms with Gasteiger partial charge in [0.2, 0.25) is 0 Å². The number of ether oxygens (including phenoxy) is 2. The lowest BCUT2D eigenvalue weighted by atomic mass is 10.0. The normalized spacial score (nSPS) is 17.6. The van der Waals surface area contributed by atoms with Gasteiger partial charge in [0.25, 0.3) is 0 Å².